The van der Waals surface area contributed by atoms with Gasteiger partial charge in [0.05, 0.1) is 11.3 Å². The highest BCUT2D eigenvalue weighted by Gasteiger charge is 2.20. The number of halogens is 1. The van der Waals surface area contributed by atoms with Crippen LogP contribution < -0.4 is 11.4 Å². The standard InChI is InChI=1S/C18H19FN4O3/c1-9(2)12-6-13(16(25)7-15(12)24)17-21-22-18(26)23(17)11-4-3-10(8-20)14(19)5-11/h3-7,9,24-25H,8,20H2,1-2H3,(H,22,26). The van der Waals surface area contributed by atoms with E-state index < -0.39 is 11.5 Å². The lowest BCUT2D eigenvalue weighted by Gasteiger charge is -2.13. The number of nitrogens with two attached hydrogens (primary N) is 1. The van der Waals surface area contributed by atoms with E-state index in [1.54, 1.807) is 12.1 Å². The van der Waals surface area contributed by atoms with Gasteiger partial charge in [0, 0.05) is 18.2 Å². The van der Waals surface area contributed by atoms with E-state index in [0.717, 1.165) is 4.57 Å². The zero-order valence-corrected chi connectivity index (χ0v) is 14.3. The number of benzene rings is 2. The van der Waals surface area contributed by atoms with Crippen LogP contribution >= 0.6 is 0 Å². The van der Waals surface area contributed by atoms with E-state index in [9.17, 15) is 19.4 Å². The molecule has 2 aromatic carbocycles. The van der Waals surface area contributed by atoms with Gasteiger partial charge in [-0.2, -0.15) is 5.10 Å². The topological polar surface area (TPSA) is 117 Å². The Labute approximate surface area is 148 Å². The Morgan fingerprint density at radius 2 is 1.96 bits per heavy atom. The van der Waals surface area contributed by atoms with E-state index in [1.807, 2.05) is 13.8 Å². The average Bonchev–Trinajstić information content (AvgIpc) is 2.96. The Morgan fingerprint density at radius 3 is 2.58 bits per heavy atom. The summed E-state index contributed by atoms with van der Waals surface area (Å²) >= 11 is 0. The van der Waals surface area contributed by atoms with Crippen molar-refractivity contribution in [2.24, 2.45) is 5.73 Å². The molecule has 0 radical (unpaired) electrons. The van der Waals surface area contributed by atoms with Crippen molar-refractivity contribution in [2.75, 3.05) is 0 Å². The molecule has 1 aromatic heterocycles. The second kappa shape index (κ2) is 6.64. The molecule has 26 heavy (non-hydrogen) atoms. The SMILES string of the molecule is CC(C)c1cc(-c2n[nH]c(=O)n2-c2ccc(CN)c(F)c2)c(O)cc1O. The summed E-state index contributed by atoms with van der Waals surface area (Å²) in [4.78, 5) is 12.2. The Kier molecular flexibility index (Phi) is 4.52. The van der Waals surface area contributed by atoms with Gasteiger partial charge in [-0.1, -0.05) is 19.9 Å². The number of nitrogens with zero attached hydrogens (tertiary/aromatic N) is 2. The van der Waals surface area contributed by atoms with E-state index in [-0.39, 0.29) is 41.0 Å². The minimum atomic E-state index is -0.585. The fraction of sp³-hybridized carbons (Fsp3) is 0.222. The van der Waals surface area contributed by atoms with Crippen LogP contribution in [0.5, 0.6) is 11.5 Å². The largest absolute Gasteiger partial charge is 0.508 e. The number of H-pyrrole nitrogens is 1. The van der Waals surface area contributed by atoms with Crippen molar-refractivity contribution in [1.82, 2.24) is 14.8 Å². The number of nitrogens with one attached hydrogen (secondary N) is 1. The number of aromatic amines is 1. The van der Waals surface area contributed by atoms with E-state index >= 15 is 0 Å². The predicted octanol–water partition coefficient (Wildman–Crippen LogP) is 2.36. The lowest BCUT2D eigenvalue weighted by Crippen LogP contribution is -2.16. The summed E-state index contributed by atoms with van der Waals surface area (Å²) in [7, 11) is 0. The summed E-state index contributed by atoms with van der Waals surface area (Å²) in [6.45, 7) is 3.80. The molecule has 8 heteroatoms. The first kappa shape index (κ1) is 17.7. The van der Waals surface area contributed by atoms with Crippen LogP contribution in [0.4, 0.5) is 4.39 Å². The molecular formula is C18H19FN4O3. The smallest absolute Gasteiger partial charge is 0.348 e. The molecule has 7 nitrogen and oxygen atoms in total. The lowest BCUT2D eigenvalue weighted by molar-refractivity contribution is 0.444. The van der Waals surface area contributed by atoms with Crippen molar-refractivity contribution < 1.29 is 14.6 Å². The van der Waals surface area contributed by atoms with Gasteiger partial charge in [0.1, 0.15) is 17.3 Å². The van der Waals surface area contributed by atoms with Crippen LogP contribution in [0, 0.1) is 5.82 Å². The number of hydrogen-bond acceptors (Lipinski definition) is 5. The van der Waals surface area contributed by atoms with Crippen LogP contribution in [0.25, 0.3) is 17.1 Å². The third-order valence-corrected chi connectivity index (χ3v) is 4.20. The summed E-state index contributed by atoms with van der Waals surface area (Å²) in [5.74, 6) is -0.749. The molecule has 0 saturated heterocycles. The number of aromatic nitrogens is 3. The Morgan fingerprint density at radius 1 is 1.23 bits per heavy atom. The first-order valence-electron chi connectivity index (χ1n) is 8.06. The first-order valence-corrected chi connectivity index (χ1v) is 8.06. The second-order valence-electron chi connectivity index (χ2n) is 6.25. The van der Waals surface area contributed by atoms with Crippen molar-refractivity contribution in [1.29, 1.82) is 0 Å². The van der Waals surface area contributed by atoms with Gasteiger partial charge in [-0.3, -0.25) is 0 Å². The van der Waals surface area contributed by atoms with Crippen molar-refractivity contribution in [2.45, 2.75) is 26.3 Å². The van der Waals surface area contributed by atoms with E-state index in [0.29, 0.717) is 11.1 Å². The summed E-state index contributed by atoms with van der Waals surface area (Å²) in [5.41, 5.74) is 6.28. The lowest BCUT2D eigenvalue weighted by atomic mass is 9.98. The predicted molar refractivity (Wildman–Crippen MR) is 94.9 cm³/mol. The highest BCUT2D eigenvalue weighted by molar-refractivity contribution is 5.69. The van der Waals surface area contributed by atoms with E-state index in [2.05, 4.69) is 10.2 Å². The molecule has 136 valence electrons. The Hall–Kier alpha value is -3.13. The maximum atomic E-state index is 14.1. The zero-order chi connectivity index (χ0) is 19.0. The monoisotopic (exact) mass is 358 g/mol. The molecule has 0 aliphatic rings. The Bertz CT molecular complexity index is 1020. The van der Waals surface area contributed by atoms with Crippen molar-refractivity contribution in [3.05, 3.63) is 57.8 Å². The molecule has 0 saturated carbocycles. The number of phenols is 2. The highest BCUT2D eigenvalue weighted by atomic mass is 19.1. The molecule has 0 atom stereocenters. The molecule has 0 amide bonds. The van der Waals surface area contributed by atoms with E-state index in [4.69, 9.17) is 5.73 Å². The van der Waals surface area contributed by atoms with Gasteiger partial charge in [-0.25, -0.2) is 18.9 Å². The molecule has 3 aromatic rings. The van der Waals surface area contributed by atoms with Crippen molar-refractivity contribution in [3.8, 4) is 28.6 Å². The quantitative estimate of drug-likeness (QED) is 0.571. The van der Waals surface area contributed by atoms with Crippen LogP contribution in [-0.4, -0.2) is 25.0 Å². The van der Waals surface area contributed by atoms with Gasteiger partial charge in [0.25, 0.3) is 0 Å². The van der Waals surface area contributed by atoms with Gasteiger partial charge in [-0.05, 0) is 29.7 Å². The van der Waals surface area contributed by atoms with Crippen molar-refractivity contribution >= 4 is 0 Å². The molecule has 0 spiro atoms. The number of hydrogen-bond donors (Lipinski definition) is 4. The maximum absolute atomic E-state index is 14.1. The van der Waals surface area contributed by atoms with Gasteiger partial charge < -0.3 is 15.9 Å². The first-order chi connectivity index (χ1) is 12.3. The van der Waals surface area contributed by atoms with Gasteiger partial charge in [0.15, 0.2) is 5.82 Å². The minimum absolute atomic E-state index is 0.0188. The molecule has 0 unspecified atom stereocenters. The third-order valence-electron chi connectivity index (χ3n) is 4.20. The van der Waals surface area contributed by atoms with Crippen LogP contribution in [0.2, 0.25) is 0 Å². The van der Waals surface area contributed by atoms with Crippen LogP contribution in [0.15, 0.2) is 35.1 Å². The number of rotatable bonds is 4. The summed E-state index contributed by atoms with van der Waals surface area (Å²) in [6.07, 6.45) is 0. The molecule has 3 rings (SSSR count). The minimum Gasteiger partial charge on any atom is -0.508 e. The molecule has 1 heterocycles. The van der Waals surface area contributed by atoms with Crippen molar-refractivity contribution in [3.63, 3.8) is 0 Å². The van der Waals surface area contributed by atoms with Crippen LogP contribution in [0.1, 0.15) is 30.9 Å². The summed E-state index contributed by atoms with van der Waals surface area (Å²) in [5, 5.41) is 26.5. The summed E-state index contributed by atoms with van der Waals surface area (Å²) < 4.78 is 15.3. The number of phenolic OH excluding ortho intramolecular Hbond substituents is 2. The average molecular weight is 358 g/mol. The van der Waals surface area contributed by atoms with Gasteiger partial charge in [0.2, 0.25) is 0 Å². The fourth-order valence-electron chi connectivity index (χ4n) is 2.79. The van der Waals surface area contributed by atoms with E-state index in [1.165, 1.54) is 18.2 Å². The van der Waals surface area contributed by atoms with Crippen LogP contribution in [-0.2, 0) is 6.54 Å². The normalized spacial score (nSPS) is 11.3. The van der Waals surface area contributed by atoms with Gasteiger partial charge >= 0.3 is 5.69 Å². The van der Waals surface area contributed by atoms with Gasteiger partial charge in [-0.15, -0.1) is 0 Å². The fourth-order valence-corrected chi connectivity index (χ4v) is 2.79. The maximum Gasteiger partial charge on any atom is 0.348 e. The molecule has 5 N–H and O–H groups in total. The number of aromatic hydroxyl groups is 2. The molecular weight excluding hydrogens is 339 g/mol. The third kappa shape index (κ3) is 2.95. The van der Waals surface area contributed by atoms with Crippen LogP contribution in [0.3, 0.4) is 0 Å². The zero-order valence-electron chi connectivity index (χ0n) is 14.3. The molecule has 0 bridgehead atoms. The second-order valence-corrected chi connectivity index (χ2v) is 6.25. The molecule has 0 aliphatic heterocycles. The highest BCUT2D eigenvalue weighted by Crippen LogP contribution is 2.37. The molecule has 0 aliphatic carbocycles. The summed E-state index contributed by atoms with van der Waals surface area (Å²) in [6, 6.07) is 6.98. The molecule has 0 fully saturated rings. The Balaban J connectivity index is 2.23.